The smallest absolute Gasteiger partial charge is 0.122 e. The van der Waals surface area contributed by atoms with Crippen LogP contribution in [0.2, 0.25) is 5.02 Å². The van der Waals surface area contributed by atoms with Gasteiger partial charge in [0.2, 0.25) is 0 Å². The Bertz CT molecular complexity index is 779. The standard InChI is InChI=1S/C16H15ClN2O2/c1-19-15(14(17)9-18-19)16(20)12-4-3-11-8-13(21-2)6-5-10(11)7-12/h3-9,16,20H,1-2H3. The van der Waals surface area contributed by atoms with Crippen LogP contribution in [0.5, 0.6) is 5.75 Å². The van der Waals surface area contributed by atoms with Gasteiger partial charge in [0.05, 0.1) is 24.0 Å². The van der Waals surface area contributed by atoms with Crippen LogP contribution in [0.4, 0.5) is 0 Å². The molecule has 1 aromatic heterocycles. The summed E-state index contributed by atoms with van der Waals surface area (Å²) in [6.07, 6.45) is 0.725. The molecule has 4 nitrogen and oxygen atoms in total. The van der Waals surface area contributed by atoms with Crippen LogP contribution in [-0.4, -0.2) is 22.0 Å². The first-order valence-electron chi connectivity index (χ1n) is 6.53. The Morgan fingerprint density at radius 1 is 1.19 bits per heavy atom. The van der Waals surface area contributed by atoms with Crippen LogP contribution < -0.4 is 4.74 Å². The van der Waals surface area contributed by atoms with Gasteiger partial charge in [-0.05, 0) is 34.5 Å². The lowest BCUT2D eigenvalue weighted by atomic mass is 10.0. The molecule has 1 heterocycles. The zero-order chi connectivity index (χ0) is 15.0. The number of benzene rings is 2. The van der Waals surface area contributed by atoms with Crippen molar-refractivity contribution in [3.05, 3.63) is 58.9 Å². The highest BCUT2D eigenvalue weighted by Gasteiger charge is 2.18. The molecule has 0 amide bonds. The lowest BCUT2D eigenvalue weighted by Gasteiger charge is -2.13. The van der Waals surface area contributed by atoms with Gasteiger partial charge in [-0.1, -0.05) is 29.8 Å². The fourth-order valence-corrected chi connectivity index (χ4v) is 2.69. The summed E-state index contributed by atoms with van der Waals surface area (Å²) < 4.78 is 6.80. The molecular weight excluding hydrogens is 288 g/mol. The average molecular weight is 303 g/mol. The predicted octanol–water partition coefficient (Wildman–Crippen LogP) is 3.32. The normalized spacial score (nSPS) is 12.6. The number of nitrogens with zero attached hydrogens (tertiary/aromatic N) is 2. The molecule has 0 bridgehead atoms. The number of aryl methyl sites for hydroxylation is 1. The molecule has 2 aromatic carbocycles. The van der Waals surface area contributed by atoms with Crippen molar-refractivity contribution in [2.75, 3.05) is 7.11 Å². The largest absolute Gasteiger partial charge is 0.497 e. The van der Waals surface area contributed by atoms with Gasteiger partial charge in [-0.2, -0.15) is 5.10 Å². The summed E-state index contributed by atoms with van der Waals surface area (Å²) in [6.45, 7) is 0. The summed E-state index contributed by atoms with van der Waals surface area (Å²) in [7, 11) is 3.40. The van der Waals surface area contributed by atoms with Crippen molar-refractivity contribution in [3.63, 3.8) is 0 Å². The average Bonchev–Trinajstić information content (AvgIpc) is 2.84. The van der Waals surface area contributed by atoms with E-state index in [0.29, 0.717) is 10.7 Å². The minimum Gasteiger partial charge on any atom is -0.497 e. The highest BCUT2D eigenvalue weighted by Crippen LogP contribution is 2.30. The topological polar surface area (TPSA) is 47.3 Å². The number of hydrogen-bond acceptors (Lipinski definition) is 3. The Morgan fingerprint density at radius 2 is 1.90 bits per heavy atom. The molecule has 3 aromatic rings. The summed E-state index contributed by atoms with van der Waals surface area (Å²) in [5.41, 5.74) is 1.36. The summed E-state index contributed by atoms with van der Waals surface area (Å²) in [6, 6.07) is 11.6. The van der Waals surface area contributed by atoms with Crippen molar-refractivity contribution in [3.8, 4) is 5.75 Å². The molecule has 0 aliphatic heterocycles. The van der Waals surface area contributed by atoms with E-state index in [1.807, 2.05) is 36.4 Å². The molecule has 1 N–H and O–H groups in total. The molecule has 0 spiro atoms. The Hall–Kier alpha value is -2.04. The van der Waals surface area contributed by atoms with E-state index in [9.17, 15) is 5.11 Å². The number of aromatic nitrogens is 2. The first-order valence-corrected chi connectivity index (χ1v) is 6.91. The van der Waals surface area contributed by atoms with Crippen molar-refractivity contribution < 1.29 is 9.84 Å². The highest BCUT2D eigenvalue weighted by atomic mass is 35.5. The molecule has 0 saturated heterocycles. The number of halogens is 1. The molecule has 3 rings (SSSR count). The minimum absolute atomic E-state index is 0.458. The first kappa shape index (κ1) is 13.9. The van der Waals surface area contributed by atoms with Gasteiger partial charge in [0.25, 0.3) is 0 Å². The van der Waals surface area contributed by atoms with E-state index in [2.05, 4.69) is 5.10 Å². The number of aliphatic hydroxyl groups is 1. The van der Waals surface area contributed by atoms with Crippen molar-refractivity contribution in [2.24, 2.45) is 7.05 Å². The Labute approximate surface area is 127 Å². The number of hydrogen-bond donors (Lipinski definition) is 1. The summed E-state index contributed by atoms with van der Waals surface area (Å²) >= 11 is 6.09. The Morgan fingerprint density at radius 3 is 2.57 bits per heavy atom. The lowest BCUT2D eigenvalue weighted by Crippen LogP contribution is -2.07. The van der Waals surface area contributed by atoms with Crippen LogP contribution >= 0.6 is 11.6 Å². The predicted molar refractivity (Wildman–Crippen MR) is 82.8 cm³/mol. The van der Waals surface area contributed by atoms with Gasteiger partial charge in [0.1, 0.15) is 11.9 Å². The van der Waals surface area contributed by atoms with Crippen LogP contribution in [0, 0.1) is 0 Å². The maximum atomic E-state index is 10.5. The van der Waals surface area contributed by atoms with E-state index in [0.717, 1.165) is 22.1 Å². The van der Waals surface area contributed by atoms with Crippen molar-refractivity contribution in [1.82, 2.24) is 9.78 Å². The molecule has 1 atom stereocenters. The van der Waals surface area contributed by atoms with E-state index in [-0.39, 0.29) is 0 Å². The molecule has 0 aliphatic rings. The second kappa shape index (κ2) is 5.39. The molecule has 108 valence electrons. The van der Waals surface area contributed by atoms with Gasteiger partial charge in [-0.25, -0.2) is 0 Å². The van der Waals surface area contributed by atoms with E-state index < -0.39 is 6.10 Å². The van der Waals surface area contributed by atoms with Crippen molar-refractivity contribution in [1.29, 1.82) is 0 Å². The third-order valence-corrected chi connectivity index (χ3v) is 3.88. The van der Waals surface area contributed by atoms with E-state index in [1.165, 1.54) is 6.20 Å². The first-order chi connectivity index (χ1) is 10.1. The number of methoxy groups -OCH3 is 1. The SMILES string of the molecule is COc1ccc2cc(C(O)c3c(Cl)cnn3C)ccc2c1. The second-order valence-corrected chi connectivity index (χ2v) is 5.28. The summed E-state index contributed by atoms with van der Waals surface area (Å²) in [4.78, 5) is 0. The Kier molecular flexibility index (Phi) is 3.57. The van der Waals surface area contributed by atoms with Crippen LogP contribution in [0.3, 0.4) is 0 Å². The molecule has 0 radical (unpaired) electrons. The third-order valence-electron chi connectivity index (χ3n) is 3.58. The second-order valence-electron chi connectivity index (χ2n) is 4.88. The van der Waals surface area contributed by atoms with Crippen LogP contribution in [0.1, 0.15) is 17.4 Å². The van der Waals surface area contributed by atoms with Crippen LogP contribution in [0.15, 0.2) is 42.6 Å². The van der Waals surface area contributed by atoms with Gasteiger partial charge in [0.15, 0.2) is 0 Å². The van der Waals surface area contributed by atoms with Crippen molar-refractivity contribution in [2.45, 2.75) is 6.10 Å². The maximum absolute atomic E-state index is 10.5. The van der Waals surface area contributed by atoms with Gasteiger partial charge >= 0.3 is 0 Å². The van der Waals surface area contributed by atoms with E-state index >= 15 is 0 Å². The zero-order valence-electron chi connectivity index (χ0n) is 11.7. The molecule has 0 fully saturated rings. The van der Waals surface area contributed by atoms with Gasteiger partial charge in [0, 0.05) is 7.05 Å². The summed E-state index contributed by atoms with van der Waals surface area (Å²) in [5.74, 6) is 0.811. The highest BCUT2D eigenvalue weighted by molar-refractivity contribution is 6.31. The van der Waals surface area contributed by atoms with E-state index in [1.54, 1.807) is 18.8 Å². The number of aliphatic hydroxyl groups excluding tert-OH is 1. The zero-order valence-corrected chi connectivity index (χ0v) is 12.5. The molecule has 21 heavy (non-hydrogen) atoms. The molecule has 0 saturated carbocycles. The molecule has 1 unspecified atom stereocenters. The Balaban J connectivity index is 2.05. The number of ether oxygens (including phenoxy) is 1. The fourth-order valence-electron chi connectivity index (χ4n) is 2.43. The monoisotopic (exact) mass is 302 g/mol. The number of fused-ring (bicyclic) bond motifs is 1. The fraction of sp³-hybridized carbons (Fsp3) is 0.188. The molecule has 0 aliphatic carbocycles. The lowest BCUT2D eigenvalue weighted by molar-refractivity contribution is 0.210. The van der Waals surface area contributed by atoms with E-state index in [4.69, 9.17) is 16.3 Å². The van der Waals surface area contributed by atoms with Gasteiger partial charge in [-0.15, -0.1) is 0 Å². The number of rotatable bonds is 3. The van der Waals surface area contributed by atoms with Crippen LogP contribution in [-0.2, 0) is 7.05 Å². The molecular formula is C16H15ClN2O2. The van der Waals surface area contributed by atoms with Gasteiger partial charge < -0.3 is 9.84 Å². The third kappa shape index (κ3) is 2.48. The van der Waals surface area contributed by atoms with Crippen molar-refractivity contribution >= 4 is 22.4 Å². The maximum Gasteiger partial charge on any atom is 0.122 e. The molecule has 5 heteroatoms. The minimum atomic E-state index is -0.809. The summed E-state index contributed by atoms with van der Waals surface area (Å²) in [5, 5.41) is 17.1. The van der Waals surface area contributed by atoms with Gasteiger partial charge in [-0.3, -0.25) is 4.68 Å². The van der Waals surface area contributed by atoms with Crippen LogP contribution in [0.25, 0.3) is 10.8 Å². The quantitative estimate of drug-likeness (QED) is 0.807.